The van der Waals surface area contributed by atoms with Crippen LogP contribution in [0.25, 0.3) is 210 Å². The van der Waals surface area contributed by atoms with E-state index < -0.39 is 0 Å². The molecular weight excluding hydrogens is 1290 g/mol. The molecule has 0 spiro atoms. The van der Waals surface area contributed by atoms with Gasteiger partial charge >= 0.3 is 0 Å². The zero-order valence-corrected chi connectivity index (χ0v) is 57.4. The number of rotatable bonds is 9. The Morgan fingerprint density at radius 1 is 0.157 bits per heavy atom. The summed E-state index contributed by atoms with van der Waals surface area (Å²) in [6.45, 7) is 0. The molecule has 0 N–H and O–H groups in total. The second-order valence-electron chi connectivity index (χ2n) is 26.9. The van der Waals surface area contributed by atoms with Gasteiger partial charge in [0, 0.05) is 110 Å². The Morgan fingerprint density at radius 3 is 0.706 bits per heavy atom. The zero-order chi connectivity index (χ0) is 66.7. The summed E-state index contributed by atoms with van der Waals surface area (Å²) in [6, 6.07) is 130. The summed E-state index contributed by atoms with van der Waals surface area (Å²) in [7, 11) is 0. The summed E-state index contributed by atoms with van der Waals surface area (Å²) in [5.41, 5.74) is 24.7. The topological polar surface area (TPSA) is 14.8 Å². The Balaban J connectivity index is 0.733. The molecule has 3 nitrogen and oxygen atoms in total. The van der Waals surface area contributed by atoms with E-state index in [2.05, 4.69) is 359 Å². The van der Waals surface area contributed by atoms with Crippen molar-refractivity contribution in [2.45, 2.75) is 0 Å². The van der Waals surface area contributed by atoms with Crippen LogP contribution in [-0.4, -0.2) is 13.7 Å². The van der Waals surface area contributed by atoms with Gasteiger partial charge in [0.25, 0.3) is 0 Å². The molecule has 0 aliphatic heterocycles. The molecule has 6 heterocycles. The van der Waals surface area contributed by atoms with E-state index in [0.717, 1.165) is 50.4 Å². The second-order valence-corrected chi connectivity index (χ2v) is 30.2. The van der Waals surface area contributed by atoms with Crippen LogP contribution in [0.2, 0.25) is 0 Å². The minimum atomic E-state index is 1.11. The Labute approximate surface area is 598 Å². The summed E-state index contributed by atoms with van der Waals surface area (Å²) >= 11 is 5.62. The molecule has 0 saturated heterocycles. The van der Waals surface area contributed by atoms with Crippen LogP contribution < -0.4 is 0 Å². The number of nitrogens with zero attached hydrogens (tertiary/aromatic N) is 3. The van der Waals surface area contributed by atoms with Crippen LogP contribution in [-0.2, 0) is 0 Å². The van der Waals surface area contributed by atoms with Crippen LogP contribution in [0.1, 0.15) is 0 Å². The smallest absolute Gasteiger partial charge is 0.0547 e. The predicted molar refractivity (Wildman–Crippen MR) is 441 cm³/mol. The summed E-state index contributed by atoms with van der Waals surface area (Å²) < 4.78 is 15.3. The Kier molecular flexibility index (Phi) is 12.7. The van der Waals surface area contributed by atoms with Crippen LogP contribution in [0.5, 0.6) is 0 Å². The number of benzene rings is 16. The molecule has 16 aromatic carbocycles. The molecule has 0 atom stereocenters. The third-order valence-electron chi connectivity index (χ3n) is 21.4. The summed E-state index contributed by atoms with van der Waals surface area (Å²) in [6.07, 6.45) is 0. The second kappa shape index (κ2) is 22.5. The van der Waals surface area contributed by atoms with Gasteiger partial charge in [-0.3, -0.25) is 0 Å². The van der Waals surface area contributed by atoms with Crippen LogP contribution in [0.15, 0.2) is 346 Å². The lowest BCUT2D eigenvalue weighted by atomic mass is 9.92. The third-order valence-corrected chi connectivity index (χ3v) is 24.8. The van der Waals surface area contributed by atoms with E-state index >= 15 is 0 Å². The van der Waals surface area contributed by atoms with Crippen molar-refractivity contribution in [2.24, 2.45) is 0 Å². The van der Waals surface area contributed by atoms with Crippen molar-refractivity contribution in [2.75, 3.05) is 0 Å². The maximum atomic E-state index is 2.49. The molecule has 6 heteroatoms. The van der Waals surface area contributed by atoms with E-state index in [0.29, 0.717) is 0 Å². The van der Waals surface area contributed by atoms with Crippen molar-refractivity contribution in [3.8, 4) is 83.8 Å². The molecule has 474 valence electrons. The minimum absolute atomic E-state index is 1.11. The van der Waals surface area contributed by atoms with Gasteiger partial charge in [0.15, 0.2) is 0 Å². The Bertz CT molecular complexity index is 6580. The third kappa shape index (κ3) is 8.64. The van der Waals surface area contributed by atoms with E-state index in [-0.39, 0.29) is 0 Å². The largest absolute Gasteiger partial charge is 0.309 e. The number of hydrogen-bond donors (Lipinski definition) is 0. The number of para-hydroxylation sites is 3. The molecule has 0 unspecified atom stereocenters. The van der Waals surface area contributed by atoms with E-state index in [1.165, 1.54) is 159 Å². The predicted octanol–water partition coefficient (Wildman–Crippen LogP) is 28.1. The quantitative estimate of drug-likeness (QED) is 0.137. The normalized spacial score (nSPS) is 12.1. The van der Waals surface area contributed by atoms with E-state index in [9.17, 15) is 0 Å². The standard InChI is InChI=1S/C96H57N3S3/c1-7-40-79-73(28-1)91-67(70-37-19-49-88-94(70)76-31-4-10-46-85(76)100-88)34-16-43-82(91)97(79)64-25-13-22-58(55-64)61-52-62(59-23-14-26-65(56-59)98-80-41-8-2-29-74(80)92-68(35-17-44-83(92)98)71-38-20-50-89-95(71)77-32-5-11-47-86(77)101-89)54-63(53-61)60-24-15-27-66(57-60)99-81-42-9-3-30-75(81)93-69(36-18-45-84(93)99)72-39-21-51-90-96(72)78-33-6-12-48-87(78)102-90/h1-57H. The van der Waals surface area contributed by atoms with Crippen molar-refractivity contribution in [3.63, 3.8) is 0 Å². The maximum absolute atomic E-state index is 2.49. The van der Waals surface area contributed by atoms with Crippen molar-refractivity contribution < 1.29 is 0 Å². The molecule has 22 rings (SSSR count). The average molecular weight is 1350 g/mol. The molecular formula is C96H57N3S3. The SMILES string of the molecule is c1cc(-c2cc(-c3cccc(-n4c5ccccc5c5c(-c6cccc7sc8ccccc8c67)cccc54)c3)cc(-c3cccc(-n4c5ccccc5c5c(-c6cccc7sc8ccccc8c67)cccc54)c3)c2)cc(-n2c3ccccc3c3c(-c4cccc5sc6ccccc6c45)cccc32)c1. The van der Waals surface area contributed by atoms with Gasteiger partial charge in [-0.2, -0.15) is 0 Å². The molecule has 6 aromatic heterocycles. The lowest BCUT2D eigenvalue weighted by Gasteiger charge is -2.16. The Morgan fingerprint density at radius 2 is 0.392 bits per heavy atom. The highest BCUT2D eigenvalue weighted by Crippen LogP contribution is 2.50. The molecule has 0 radical (unpaired) electrons. The highest BCUT2D eigenvalue weighted by molar-refractivity contribution is 7.26. The first-order chi connectivity index (χ1) is 50.6. The van der Waals surface area contributed by atoms with Crippen molar-refractivity contribution in [1.82, 2.24) is 13.7 Å². The molecule has 0 saturated carbocycles. The van der Waals surface area contributed by atoms with Crippen LogP contribution in [0.4, 0.5) is 0 Å². The van der Waals surface area contributed by atoms with Gasteiger partial charge in [-0.25, -0.2) is 0 Å². The highest BCUT2D eigenvalue weighted by Gasteiger charge is 2.24. The van der Waals surface area contributed by atoms with Crippen molar-refractivity contribution >= 4 is 160 Å². The Hall–Kier alpha value is -12.4. The first kappa shape index (κ1) is 57.5. The van der Waals surface area contributed by atoms with Gasteiger partial charge in [-0.05, 0) is 194 Å². The van der Waals surface area contributed by atoms with Gasteiger partial charge in [0.1, 0.15) is 0 Å². The molecule has 0 aliphatic carbocycles. The van der Waals surface area contributed by atoms with E-state index in [1.54, 1.807) is 0 Å². The lowest BCUT2D eigenvalue weighted by molar-refractivity contribution is 1.18. The van der Waals surface area contributed by atoms with Gasteiger partial charge < -0.3 is 13.7 Å². The number of hydrogen-bond acceptors (Lipinski definition) is 3. The fourth-order valence-electron chi connectivity index (χ4n) is 17.2. The zero-order valence-electron chi connectivity index (χ0n) is 55.0. The van der Waals surface area contributed by atoms with E-state index in [1.807, 2.05) is 34.0 Å². The van der Waals surface area contributed by atoms with Gasteiger partial charge in [-0.15, -0.1) is 34.0 Å². The minimum Gasteiger partial charge on any atom is -0.309 e. The number of aromatic nitrogens is 3. The lowest BCUT2D eigenvalue weighted by Crippen LogP contribution is -1.96. The highest BCUT2D eigenvalue weighted by atomic mass is 32.1. The molecule has 22 aromatic rings. The number of fused-ring (bicyclic) bond motifs is 18. The molecule has 0 amide bonds. The fraction of sp³-hybridized carbons (Fsp3) is 0. The van der Waals surface area contributed by atoms with Crippen molar-refractivity contribution in [3.05, 3.63) is 346 Å². The first-order valence-electron chi connectivity index (χ1n) is 34.9. The first-order valence-corrected chi connectivity index (χ1v) is 37.3. The van der Waals surface area contributed by atoms with Gasteiger partial charge in [0.05, 0.1) is 33.1 Å². The van der Waals surface area contributed by atoms with Crippen LogP contribution >= 0.6 is 34.0 Å². The van der Waals surface area contributed by atoms with Crippen LogP contribution in [0.3, 0.4) is 0 Å². The number of thiophene rings is 3. The maximum Gasteiger partial charge on any atom is 0.0547 e. The van der Waals surface area contributed by atoms with Gasteiger partial charge in [0.2, 0.25) is 0 Å². The van der Waals surface area contributed by atoms with Gasteiger partial charge in [-0.1, -0.05) is 218 Å². The summed E-state index contributed by atoms with van der Waals surface area (Å²) in [4.78, 5) is 0. The molecule has 102 heavy (non-hydrogen) atoms. The van der Waals surface area contributed by atoms with Crippen LogP contribution in [0, 0.1) is 0 Å². The summed E-state index contributed by atoms with van der Waals surface area (Å²) in [5, 5.41) is 15.3. The molecule has 0 fully saturated rings. The molecule has 0 bridgehead atoms. The average Bonchev–Trinajstić information content (AvgIpc) is 1.58. The summed E-state index contributed by atoms with van der Waals surface area (Å²) in [5.74, 6) is 0. The van der Waals surface area contributed by atoms with E-state index in [4.69, 9.17) is 0 Å². The fourth-order valence-corrected chi connectivity index (χ4v) is 20.6. The van der Waals surface area contributed by atoms with Crippen molar-refractivity contribution in [1.29, 1.82) is 0 Å². The molecule has 0 aliphatic rings. The monoisotopic (exact) mass is 1350 g/mol.